The highest BCUT2D eigenvalue weighted by Crippen LogP contribution is 2.41. The minimum absolute atomic E-state index is 0. The Bertz CT molecular complexity index is 1260. The minimum Gasteiger partial charge on any atom is -0.398 e. The fourth-order valence-electron chi connectivity index (χ4n) is 3.98. The predicted molar refractivity (Wildman–Crippen MR) is 122 cm³/mol. The van der Waals surface area contributed by atoms with Crippen molar-refractivity contribution >= 4 is 27.2 Å². The van der Waals surface area contributed by atoms with Crippen molar-refractivity contribution in [3.05, 3.63) is 103 Å². The number of nitrogen functional groups attached to an aromatic ring is 1. The van der Waals surface area contributed by atoms with Gasteiger partial charge < -0.3 is 11.9 Å². The number of rotatable bonds is 2. The van der Waals surface area contributed by atoms with Crippen LogP contribution in [-0.2, 0) is 0 Å². The third kappa shape index (κ3) is 2.81. The van der Waals surface area contributed by atoms with Gasteiger partial charge in [0.25, 0.3) is 0 Å². The Hall–Kier alpha value is -3.62. The Labute approximate surface area is 164 Å². The smallest absolute Gasteiger partial charge is 0.0400 e. The van der Waals surface area contributed by atoms with Crippen molar-refractivity contribution in [1.29, 1.82) is 0 Å². The molecule has 0 radical (unpaired) electrons. The van der Waals surface area contributed by atoms with Crippen molar-refractivity contribution in [3.63, 3.8) is 0 Å². The van der Waals surface area contributed by atoms with E-state index in [1.165, 1.54) is 38.4 Å². The molecule has 0 fully saturated rings. The molecule has 0 bridgehead atoms. The molecule has 0 heterocycles. The molecular formula is C26H22N2. The third-order valence-electron chi connectivity index (χ3n) is 5.22. The van der Waals surface area contributed by atoms with Gasteiger partial charge in [-0.05, 0) is 44.5 Å². The largest absolute Gasteiger partial charge is 0.398 e. The highest BCUT2D eigenvalue weighted by Gasteiger charge is 2.14. The maximum Gasteiger partial charge on any atom is 0.0400 e. The summed E-state index contributed by atoms with van der Waals surface area (Å²) < 4.78 is 0. The number of anilines is 1. The van der Waals surface area contributed by atoms with Crippen LogP contribution in [-0.4, -0.2) is 0 Å². The molecule has 5 rings (SSSR count). The lowest BCUT2D eigenvalue weighted by atomic mass is 9.88. The van der Waals surface area contributed by atoms with Crippen LogP contribution >= 0.6 is 0 Å². The third-order valence-corrected chi connectivity index (χ3v) is 5.22. The summed E-state index contributed by atoms with van der Waals surface area (Å²) in [5, 5.41) is 4.73. The normalized spacial score (nSPS) is 10.7. The van der Waals surface area contributed by atoms with Gasteiger partial charge >= 0.3 is 0 Å². The van der Waals surface area contributed by atoms with Crippen LogP contribution in [0.25, 0.3) is 43.8 Å². The standard InChI is InChI=1S/C26H19N.H3N/c27-25-17-24-22(21-13-7-8-14-23(21)25)16-15-20(18-9-3-1-4-10-18)26(24)19-11-5-2-6-12-19;/h1-17H,27H2;1H3. The van der Waals surface area contributed by atoms with Gasteiger partial charge in [-0.15, -0.1) is 0 Å². The van der Waals surface area contributed by atoms with Gasteiger partial charge in [0, 0.05) is 11.1 Å². The topological polar surface area (TPSA) is 61.0 Å². The second kappa shape index (κ2) is 7.18. The van der Waals surface area contributed by atoms with Crippen LogP contribution in [0.2, 0.25) is 0 Å². The molecule has 2 nitrogen and oxygen atoms in total. The van der Waals surface area contributed by atoms with Gasteiger partial charge in [-0.2, -0.15) is 0 Å². The van der Waals surface area contributed by atoms with Crippen LogP contribution in [0.5, 0.6) is 0 Å². The average molecular weight is 362 g/mol. The molecule has 0 saturated heterocycles. The zero-order chi connectivity index (χ0) is 18.2. The highest BCUT2D eigenvalue weighted by atomic mass is 14.6. The first-order valence-corrected chi connectivity index (χ1v) is 9.18. The predicted octanol–water partition coefficient (Wildman–Crippen LogP) is 7.07. The number of hydrogen-bond donors (Lipinski definition) is 2. The van der Waals surface area contributed by atoms with E-state index in [4.69, 9.17) is 5.73 Å². The first-order valence-electron chi connectivity index (χ1n) is 9.18. The van der Waals surface area contributed by atoms with E-state index < -0.39 is 0 Å². The quantitative estimate of drug-likeness (QED) is 0.260. The summed E-state index contributed by atoms with van der Waals surface area (Å²) in [5.74, 6) is 0. The first kappa shape index (κ1) is 17.8. The first-order chi connectivity index (χ1) is 13.3. The molecule has 0 aliphatic carbocycles. The van der Waals surface area contributed by atoms with E-state index in [-0.39, 0.29) is 6.15 Å². The van der Waals surface area contributed by atoms with E-state index >= 15 is 0 Å². The molecule has 5 aromatic carbocycles. The van der Waals surface area contributed by atoms with Gasteiger partial charge in [-0.1, -0.05) is 97.1 Å². The van der Waals surface area contributed by atoms with E-state index in [1.54, 1.807) is 0 Å². The van der Waals surface area contributed by atoms with Crippen molar-refractivity contribution in [2.24, 2.45) is 0 Å². The van der Waals surface area contributed by atoms with Gasteiger partial charge in [0.1, 0.15) is 0 Å². The second-order valence-corrected chi connectivity index (χ2v) is 6.83. The van der Waals surface area contributed by atoms with E-state index in [9.17, 15) is 0 Å². The average Bonchev–Trinajstić information content (AvgIpc) is 2.74. The lowest BCUT2D eigenvalue weighted by Crippen LogP contribution is -1.92. The molecule has 0 spiro atoms. The van der Waals surface area contributed by atoms with Crippen molar-refractivity contribution in [2.45, 2.75) is 0 Å². The molecule has 28 heavy (non-hydrogen) atoms. The number of nitrogens with two attached hydrogens (primary N) is 1. The second-order valence-electron chi connectivity index (χ2n) is 6.83. The molecular weight excluding hydrogens is 340 g/mol. The van der Waals surface area contributed by atoms with Crippen LogP contribution in [0.15, 0.2) is 103 Å². The van der Waals surface area contributed by atoms with Crippen LogP contribution in [0.3, 0.4) is 0 Å². The lowest BCUT2D eigenvalue weighted by Gasteiger charge is -2.16. The van der Waals surface area contributed by atoms with Crippen LogP contribution in [0, 0.1) is 0 Å². The molecule has 0 saturated carbocycles. The van der Waals surface area contributed by atoms with Crippen molar-refractivity contribution < 1.29 is 0 Å². The monoisotopic (exact) mass is 362 g/mol. The van der Waals surface area contributed by atoms with Crippen LogP contribution < -0.4 is 11.9 Å². The maximum atomic E-state index is 6.46. The van der Waals surface area contributed by atoms with Gasteiger partial charge in [-0.25, -0.2) is 0 Å². The Morgan fingerprint density at radius 1 is 0.464 bits per heavy atom. The van der Waals surface area contributed by atoms with E-state index in [0.717, 1.165) is 11.1 Å². The molecule has 5 aromatic rings. The zero-order valence-corrected chi connectivity index (χ0v) is 15.6. The molecule has 5 N–H and O–H groups in total. The summed E-state index contributed by atoms with van der Waals surface area (Å²) in [4.78, 5) is 0. The Morgan fingerprint density at radius 2 is 1.00 bits per heavy atom. The van der Waals surface area contributed by atoms with Gasteiger partial charge in [0.05, 0.1) is 0 Å². The lowest BCUT2D eigenvalue weighted by molar-refractivity contribution is 1.61. The van der Waals surface area contributed by atoms with Crippen molar-refractivity contribution in [1.82, 2.24) is 6.15 Å². The van der Waals surface area contributed by atoms with Crippen LogP contribution in [0.1, 0.15) is 0 Å². The van der Waals surface area contributed by atoms with Crippen molar-refractivity contribution in [3.8, 4) is 22.3 Å². The SMILES string of the molecule is N.Nc1cc2c(-c3ccccc3)c(-c3ccccc3)ccc2c2ccccc12. The van der Waals surface area contributed by atoms with Crippen LogP contribution in [0.4, 0.5) is 5.69 Å². The Kier molecular flexibility index (Phi) is 4.56. The number of fused-ring (bicyclic) bond motifs is 3. The molecule has 0 atom stereocenters. The van der Waals surface area contributed by atoms with Crippen molar-refractivity contribution in [2.75, 3.05) is 5.73 Å². The molecule has 136 valence electrons. The summed E-state index contributed by atoms with van der Waals surface area (Å²) in [5.41, 5.74) is 12.2. The molecule has 0 aliphatic heterocycles. The molecule has 0 aliphatic rings. The van der Waals surface area contributed by atoms with Gasteiger partial charge in [-0.3, -0.25) is 0 Å². The number of benzene rings is 5. The van der Waals surface area contributed by atoms with Gasteiger partial charge in [0.15, 0.2) is 0 Å². The summed E-state index contributed by atoms with van der Waals surface area (Å²) in [7, 11) is 0. The molecule has 2 heteroatoms. The van der Waals surface area contributed by atoms with E-state index in [2.05, 4.69) is 97.1 Å². The Morgan fingerprint density at radius 3 is 1.68 bits per heavy atom. The molecule has 0 amide bonds. The Balaban J connectivity index is 0.00000192. The summed E-state index contributed by atoms with van der Waals surface area (Å²) in [6.45, 7) is 0. The zero-order valence-electron chi connectivity index (χ0n) is 15.6. The fraction of sp³-hybridized carbons (Fsp3) is 0. The minimum atomic E-state index is 0. The summed E-state index contributed by atoms with van der Waals surface area (Å²) in [6.07, 6.45) is 0. The molecule has 0 unspecified atom stereocenters. The van der Waals surface area contributed by atoms with E-state index in [1.807, 2.05) is 6.07 Å². The number of hydrogen-bond acceptors (Lipinski definition) is 2. The fourth-order valence-corrected chi connectivity index (χ4v) is 3.98. The summed E-state index contributed by atoms with van der Waals surface area (Å²) >= 11 is 0. The highest BCUT2D eigenvalue weighted by molar-refractivity contribution is 6.18. The maximum absolute atomic E-state index is 6.46. The van der Waals surface area contributed by atoms with E-state index in [0.29, 0.717) is 0 Å². The van der Waals surface area contributed by atoms with Gasteiger partial charge in [0.2, 0.25) is 0 Å². The summed E-state index contributed by atoms with van der Waals surface area (Å²) in [6, 6.07) is 36.1. The molecule has 0 aromatic heterocycles.